The van der Waals surface area contributed by atoms with Gasteiger partial charge in [-0.05, 0) is 36.8 Å². The number of para-hydroxylation sites is 1. The lowest BCUT2D eigenvalue weighted by Gasteiger charge is -2.25. The third-order valence-electron chi connectivity index (χ3n) is 5.05. The quantitative estimate of drug-likeness (QED) is 0.708. The second-order valence-corrected chi connectivity index (χ2v) is 6.67. The predicted molar refractivity (Wildman–Crippen MR) is 98.2 cm³/mol. The molecule has 0 aliphatic carbocycles. The first-order chi connectivity index (χ1) is 13.1. The Morgan fingerprint density at radius 3 is 2.63 bits per heavy atom. The lowest BCUT2D eigenvalue weighted by molar-refractivity contribution is -0.136. The molecule has 5 rings (SSSR count). The SMILES string of the molecule is Cc1nn(-c2ccccc2)c2c1C(c1ccc(F)cc1)C1=C(COC1=O)N2. The van der Waals surface area contributed by atoms with Crippen LogP contribution in [0.3, 0.4) is 0 Å². The number of anilines is 1. The highest BCUT2D eigenvalue weighted by atomic mass is 19.1. The molecule has 1 N–H and O–H groups in total. The molecular formula is C21H16FN3O2. The Labute approximate surface area is 155 Å². The molecule has 1 aromatic heterocycles. The molecule has 27 heavy (non-hydrogen) atoms. The maximum absolute atomic E-state index is 13.5. The number of nitrogens with zero attached hydrogens (tertiary/aromatic N) is 2. The van der Waals surface area contributed by atoms with Crippen molar-refractivity contribution in [1.29, 1.82) is 0 Å². The first-order valence-corrected chi connectivity index (χ1v) is 8.71. The van der Waals surface area contributed by atoms with Crippen molar-refractivity contribution in [2.75, 3.05) is 11.9 Å². The first-order valence-electron chi connectivity index (χ1n) is 8.71. The van der Waals surface area contributed by atoms with Crippen molar-refractivity contribution < 1.29 is 13.9 Å². The van der Waals surface area contributed by atoms with Gasteiger partial charge in [0.2, 0.25) is 0 Å². The molecule has 0 radical (unpaired) electrons. The highest BCUT2D eigenvalue weighted by molar-refractivity contribution is 5.97. The smallest absolute Gasteiger partial charge is 0.337 e. The summed E-state index contributed by atoms with van der Waals surface area (Å²) >= 11 is 0. The summed E-state index contributed by atoms with van der Waals surface area (Å²) in [5.41, 5.74) is 4.77. The normalized spacial score (nSPS) is 18.0. The van der Waals surface area contributed by atoms with Crippen molar-refractivity contribution in [2.24, 2.45) is 0 Å². The van der Waals surface area contributed by atoms with Crippen LogP contribution in [-0.2, 0) is 9.53 Å². The number of benzene rings is 2. The van der Waals surface area contributed by atoms with E-state index >= 15 is 0 Å². The zero-order valence-corrected chi connectivity index (χ0v) is 14.6. The van der Waals surface area contributed by atoms with Gasteiger partial charge in [0.05, 0.1) is 22.7 Å². The molecular weight excluding hydrogens is 345 g/mol. The van der Waals surface area contributed by atoms with Crippen molar-refractivity contribution in [3.63, 3.8) is 0 Å². The number of rotatable bonds is 2. The molecule has 0 saturated carbocycles. The molecule has 3 heterocycles. The monoisotopic (exact) mass is 361 g/mol. The second kappa shape index (κ2) is 5.81. The number of ether oxygens (including phenoxy) is 1. The van der Waals surface area contributed by atoms with Crippen molar-refractivity contribution in [3.8, 4) is 5.69 Å². The minimum absolute atomic E-state index is 0.199. The van der Waals surface area contributed by atoms with E-state index in [1.807, 2.05) is 41.9 Å². The number of fused-ring (bicyclic) bond motifs is 1. The van der Waals surface area contributed by atoms with E-state index in [1.165, 1.54) is 12.1 Å². The van der Waals surface area contributed by atoms with Gasteiger partial charge in [-0.3, -0.25) is 0 Å². The standard InChI is InChI=1S/C21H16FN3O2/c1-12-17-18(13-7-9-14(22)10-8-13)19-16(11-27-21(19)26)23-20(17)25(24-12)15-5-3-2-4-6-15/h2-10,18,23H,11H2,1H3. The first kappa shape index (κ1) is 15.8. The summed E-state index contributed by atoms with van der Waals surface area (Å²) in [4.78, 5) is 12.4. The zero-order valence-electron chi connectivity index (χ0n) is 14.6. The molecule has 0 fully saturated rings. The average molecular weight is 361 g/mol. The van der Waals surface area contributed by atoms with Crippen molar-refractivity contribution >= 4 is 11.8 Å². The van der Waals surface area contributed by atoms with E-state index in [2.05, 4.69) is 5.32 Å². The summed E-state index contributed by atoms with van der Waals surface area (Å²) in [6, 6.07) is 16.0. The Balaban J connectivity index is 1.75. The molecule has 3 aromatic rings. The Hall–Kier alpha value is -3.41. The molecule has 2 aliphatic heterocycles. The minimum Gasteiger partial charge on any atom is -0.456 e. The number of cyclic esters (lactones) is 1. The maximum Gasteiger partial charge on any atom is 0.337 e. The number of aryl methyl sites for hydroxylation is 1. The second-order valence-electron chi connectivity index (χ2n) is 6.67. The van der Waals surface area contributed by atoms with E-state index < -0.39 is 0 Å². The van der Waals surface area contributed by atoms with Gasteiger partial charge in [-0.1, -0.05) is 30.3 Å². The van der Waals surface area contributed by atoms with Gasteiger partial charge in [-0.15, -0.1) is 0 Å². The molecule has 0 amide bonds. The Morgan fingerprint density at radius 2 is 1.89 bits per heavy atom. The van der Waals surface area contributed by atoms with E-state index in [-0.39, 0.29) is 24.3 Å². The highest BCUT2D eigenvalue weighted by Gasteiger charge is 2.41. The Bertz CT molecular complexity index is 1080. The van der Waals surface area contributed by atoms with E-state index in [0.29, 0.717) is 5.57 Å². The van der Waals surface area contributed by atoms with Crippen LogP contribution in [0.5, 0.6) is 0 Å². The van der Waals surface area contributed by atoms with Crippen LogP contribution < -0.4 is 5.32 Å². The maximum atomic E-state index is 13.5. The third kappa shape index (κ3) is 2.37. The van der Waals surface area contributed by atoms with Gasteiger partial charge in [0.25, 0.3) is 0 Å². The molecule has 1 unspecified atom stereocenters. The van der Waals surface area contributed by atoms with Gasteiger partial charge in [-0.2, -0.15) is 5.10 Å². The van der Waals surface area contributed by atoms with Gasteiger partial charge in [0.15, 0.2) is 0 Å². The Kier molecular flexibility index (Phi) is 3.40. The van der Waals surface area contributed by atoms with E-state index in [4.69, 9.17) is 9.84 Å². The van der Waals surface area contributed by atoms with Crippen LogP contribution in [0.25, 0.3) is 5.69 Å². The number of hydrogen-bond donors (Lipinski definition) is 1. The highest BCUT2D eigenvalue weighted by Crippen LogP contribution is 2.46. The van der Waals surface area contributed by atoms with Crippen LogP contribution in [0.4, 0.5) is 10.2 Å². The van der Waals surface area contributed by atoms with Crippen LogP contribution in [0.2, 0.25) is 0 Å². The van der Waals surface area contributed by atoms with Crippen LogP contribution in [0.1, 0.15) is 22.7 Å². The lowest BCUT2D eigenvalue weighted by atomic mass is 9.82. The van der Waals surface area contributed by atoms with E-state index in [0.717, 1.165) is 34.0 Å². The van der Waals surface area contributed by atoms with Crippen LogP contribution >= 0.6 is 0 Å². The molecule has 0 saturated heterocycles. The van der Waals surface area contributed by atoms with Crippen LogP contribution in [0, 0.1) is 12.7 Å². The van der Waals surface area contributed by atoms with Crippen molar-refractivity contribution in [3.05, 3.63) is 88.5 Å². The molecule has 0 bridgehead atoms. The number of esters is 1. The molecule has 0 spiro atoms. The molecule has 6 heteroatoms. The minimum atomic E-state index is -0.343. The molecule has 1 atom stereocenters. The predicted octanol–water partition coefficient (Wildman–Crippen LogP) is 3.69. The topological polar surface area (TPSA) is 56.2 Å². The Morgan fingerprint density at radius 1 is 1.15 bits per heavy atom. The lowest BCUT2D eigenvalue weighted by Crippen LogP contribution is -2.21. The summed E-state index contributed by atoms with van der Waals surface area (Å²) in [6.07, 6.45) is 0. The number of hydrogen-bond acceptors (Lipinski definition) is 4. The fraction of sp³-hybridized carbons (Fsp3) is 0.143. The molecule has 2 aromatic carbocycles. The van der Waals surface area contributed by atoms with Crippen LogP contribution in [-0.4, -0.2) is 22.4 Å². The van der Waals surface area contributed by atoms with Gasteiger partial charge >= 0.3 is 5.97 Å². The summed E-state index contributed by atoms with van der Waals surface area (Å²) < 4.78 is 20.6. The number of carbonyl (C=O) groups is 1. The summed E-state index contributed by atoms with van der Waals surface area (Å²) in [7, 11) is 0. The van der Waals surface area contributed by atoms with Gasteiger partial charge in [-0.25, -0.2) is 13.9 Å². The number of aromatic nitrogens is 2. The zero-order chi connectivity index (χ0) is 18.5. The van der Waals surface area contributed by atoms with E-state index in [9.17, 15) is 9.18 Å². The summed E-state index contributed by atoms with van der Waals surface area (Å²) in [5, 5.41) is 8.06. The summed E-state index contributed by atoms with van der Waals surface area (Å²) in [5.74, 6) is -0.188. The molecule has 2 aliphatic rings. The number of nitrogens with one attached hydrogen (secondary N) is 1. The van der Waals surface area contributed by atoms with Gasteiger partial charge in [0, 0.05) is 11.5 Å². The fourth-order valence-electron chi connectivity index (χ4n) is 3.85. The van der Waals surface area contributed by atoms with Crippen molar-refractivity contribution in [2.45, 2.75) is 12.8 Å². The van der Waals surface area contributed by atoms with Crippen LogP contribution in [0.15, 0.2) is 65.9 Å². The molecule has 5 nitrogen and oxygen atoms in total. The summed E-state index contributed by atoms with van der Waals surface area (Å²) in [6.45, 7) is 2.12. The third-order valence-corrected chi connectivity index (χ3v) is 5.05. The number of carbonyl (C=O) groups excluding carboxylic acids is 1. The largest absolute Gasteiger partial charge is 0.456 e. The van der Waals surface area contributed by atoms with Gasteiger partial charge in [0.1, 0.15) is 18.2 Å². The number of halogens is 1. The van der Waals surface area contributed by atoms with Gasteiger partial charge < -0.3 is 10.1 Å². The van der Waals surface area contributed by atoms with E-state index in [1.54, 1.807) is 12.1 Å². The molecule has 134 valence electrons. The average Bonchev–Trinajstić information content (AvgIpc) is 3.22. The van der Waals surface area contributed by atoms with Crippen molar-refractivity contribution in [1.82, 2.24) is 9.78 Å². The fourth-order valence-corrected chi connectivity index (χ4v) is 3.85.